The van der Waals surface area contributed by atoms with E-state index in [4.69, 9.17) is 9.73 Å². The van der Waals surface area contributed by atoms with Crippen LogP contribution in [-0.4, -0.2) is 18.5 Å². The quantitative estimate of drug-likeness (QED) is 0.667. The summed E-state index contributed by atoms with van der Waals surface area (Å²) in [7, 11) is 0. The van der Waals surface area contributed by atoms with E-state index in [1.807, 2.05) is 6.21 Å². The van der Waals surface area contributed by atoms with Gasteiger partial charge in [0.15, 0.2) is 0 Å². The third-order valence-electron chi connectivity index (χ3n) is 6.58. The Morgan fingerprint density at radius 1 is 1.24 bits per heavy atom. The van der Waals surface area contributed by atoms with E-state index in [-0.39, 0.29) is 5.41 Å². The Hall–Kier alpha value is -1.64. The van der Waals surface area contributed by atoms with Crippen molar-refractivity contribution in [3.8, 4) is 0 Å². The predicted octanol–water partition coefficient (Wildman–Crippen LogP) is 3.55. The van der Waals surface area contributed by atoms with E-state index in [1.54, 1.807) is 5.57 Å². The van der Waals surface area contributed by atoms with E-state index in [0.717, 1.165) is 24.5 Å². The molecule has 21 heavy (non-hydrogen) atoms. The molecule has 2 fully saturated rings. The first-order chi connectivity index (χ1) is 10.4. The predicted molar refractivity (Wildman–Crippen MR) is 81.1 cm³/mol. The lowest BCUT2D eigenvalue weighted by atomic mass is 9.52. The number of nitrogens with zero attached hydrogens (tertiary/aromatic N) is 2. The van der Waals surface area contributed by atoms with Crippen molar-refractivity contribution in [2.24, 2.45) is 27.2 Å². The molecule has 1 spiro atoms. The van der Waals surface area contributed by atoms with Crippen LogP contribution in [0.4, 0.5) is 0 Å². The number of rotatable bonds is 0. The molecule has 4 unspecified atom stereocenters. The number of hydrogen-bond donors (Lipinski definition) is 0. The minimum atomic E-state index is 0.124. The van der Waals surface area contributed by atoms with Crippen LogP contribution >= 0.6 is 0 Å². The Labute approximate surface area is 124 Å². The number of ether oxygens (including phenoxy) is 1. The number of aliphatic imine (C=N–C) groups is 2. The molecule has 3 aliphatic carbocycles. The van der Waals surface area contributed by atoms with Crippen LogP contribution in [0.5, 0.6) is 0 Å². The van der Waals surface area contributed by atoms with Crippen LogP contribution in [0.1, 0.15) is 38.5 Å². The summed E-state index contributed by atoms with van der Waals surface area (Å²) in [4.78, 5) is 9.45. The fraction of sp³-hybridized carbons (Fsp3) is 0.556. The highest BCUT2D eigenvalue weighted by Gasteiger charge is 2.64. The SMILES string of the molecule is C1=NC2=C3CC4=CC=NC4=C4OC5CCCC(C2)C5C34C1. The Balaban J connectivity index is 1.71. The molecule has 0 N–H and O–H groups in total. The molecule has 1 saturated carbocycles. The lowest BCUT2D eigenvalue weighted by molar-refractivity contribution is 0.0483. The molecule has 3 aliphatic heterocycles. The first-order valence-corrected chi connectivity index (χ1v) is 8.28. The monoisotopic (exact) mass is 278 g/mol. The normalized spacial score (nSPS) is 44.6. The van der Waals surface area contributed by atoms with Crippen molar-refractivity contribution in [2.75, 3.05) is 0 Å². The van der Waals surface area contributed by atoms with E-state index in [1.165, 1.54) is 42.7 Å². The molecule has 1 saturated heterocycles. The Morgan fingerprint density at radius 3 is 3.24 bits per heavy atom. The summed E-state index contributed by atoms with van der Waals surface area (Å²) in [6.45, 7) is 0. The van der Waals surface area contributed by atoms with Crippen LogP contribution in [-0.2, 0) is 4.74 Å². The Morgan fingerprint density at radius 2 is 2.24 bits per heavy atom. The van der Waals surface area contributed by atoms with Crippen molar-refractivity contribution in [2.45, 2.75) is 44.6 Å². The third-order valence-corrected chi connectivity index (χ3v) is 6.58. The van der Waals surface area contributed by atoms with Gasteiger partial charge in [-0.3, -0.25) is 9.98 Å². The molecule has 2 bridgehead atoms. The molecular weight excluding hydrogens is 260 g/mol. The van der Waals surface area contributed by atoms with Gasteiger partial charge >= 0.3 is 0 Å². The van der Waals surface area contributed by atoms with Crippen molar-refractivity contribution < 1.29 is 4.74 Å². The maximum Gasteiger partial charge on any atom is 0.133 e. The fourth-order valence-corrected chi connectivity index (χ4v) is 5.91. The van der Waals surface area contributed by atoms with Gasteiger partial charge in [0.2, 0.25) is 0 Å². The molecule has 106 valence electrons. The van der Waals surface area contributed by atoms with E-state index in [0.29, 0.717) is 12.0 Å². The smallest absolute Gasteiger partial charge is 0.133 e. The molecule has 0 aromatic carbocycles. The minimum Gasteiger partial charge on any atom is -0.491 e. The van der Waals surface area contributed by atoms with Crippen molar-refractivity contribution >= 4 is 12.4 Å². The Bertz CT molecular complexity index is 724. The zero-order valence-corrected chi connectivity index (χ0v) is 12.0. The average molecular weight is 278 g/mol. The second-order valence-electron chi connectivity index (χ2n) is 7.31. The number of fused-ring (bicyclic) bond motifs is 1. The highest BCUT2D eigenvalue weighted by Crippen LogP contribution is 2.68. The van der Waals surface area contributed by atoms with E-state index >= 15 is 0 Å². The van der Waals surface area contributed by atoms with Crippen LogP contribution in [0, 0.1) is 17.3 Å². The second kappa shape index (κ2) is 3.40. The first-order valence-electron chi connectivity index (χ1n) is 8.28. The molecule has 3 nitrogen and oxygen atoms in total. The van der Waals surface area contributed by atoms with Gasteiger partial charge in [-0.25, -0.2) is 0 Å². The highest BCUT2D eigenvalue weighted by atomic mass is 16.5. The van der Waals surface area contributed by atoms with Crippen LogP contribution in [0.25, 0.3) is 0 Å². The average Bonchev–Trinajstić information content (AvgIpc) is 3.06. The highest BCUT2D eigenvalue weighted by molar-refractivity contribution is 5.82. The molecule has 0 amide bonds. The van der Waals surface area contributed by atoms with E-state index < -0.39 is 0 Å². The van der Waals surface area contributed by atoms with Crippen LogP contribution < -0.4 is 0 Å². The van der Waals surface area contributed by atoms with Gasteiger partial charge in [-0.15, -0.1) is 0 Å². The van der Waals surface area contributed by atoms with E-state index in [2.05, 4.69) is 17.3 Å². The van der Waals surface area contributed by atoms with Gasteiger partial charge in [-0.05, 0) is 61.7 Å². The summed E-state index contributed by atoms with van der Waals surface area (Å²) in [5.41, 5.74) is 5.58. The van der Waals surface area contributed by atoms with Gasteiger partial charge in [-0.2, -0.15) is 0 Å². The maximum atomic E-state index is 6.57. The zero-order chi connectivity index (χ0) is 13.6. The van der Waals surface area contributed by atoms with Crippen molar-refractivity contribution in [1.29, 1.82) is 0 Å². The molecular formula is C18H18N2O. The molecule has 4 atom stereocenters. The summed E-state index contributed by atoms with van der Waals surface area (Å²) in [5.74, 6) is 2.65. The molecule has 6 aliphatic rings. The van der Waals surface area contributed by atoms with Crippen molar-refractivity contribution in [3.05, 3.63) is 34.4 Å². The fourth-order valence-electron chi connectivity index (χ4n) is 5.91. The first kappa shape index (κ1) is 11.0. The summed E-state index contributed by atoms with van der Waals surface area (Å²) < 4.78 is 6.57. The second-order valence-corrected chi connectivity index (χ2v) is 7.31. The lowest BCUT2D eigenvalue weighted by Gasteiger charge is -2.50. The Kier molecular flexibility index (Phi) is 1.78. The molecule has 3 heteroatoms. The zero-order valence-electron chi connectivity index (χ0n) is 12.0. The van der Waals surface area contributed by atoms with Crippen molar-refractivity contribution in [1.82, 2.24) is 0 Å². The van der Waals surface area contributed by atoms with Crippen molar-refractivity contribution in [3.63, 3.8) is 0 Å². The molecule has 3 heterocycles. The van der Waals surface area contributed by atoms with Gasteiger partial charge in [-0.1, -0.05) is 0 Å². The lowest BCUT2D eigenvalue weighted by Crippen LogP contribution is -2.46. The molecule has 6 rings (SSSR count). The minimum absolute atomic E-state index is 0.124. The van der Waals surface area contributed by atoms with Gasteiger partial charge in [0.1, 0.15) is 17.6 Å². The number of allylic oxidation sites excluding steroid dienone is 4. The van der Waals surface area contributed by atoms with Gasteiger partial charge in [0, 0.05) is 24.0 Å². The van der Waals surface area contributed by atoms with E-state index in [9.17, 15) is 0 Å². The summed E-state index contributed by atoms with van der Waals surface area (Å²) in [6, 6.07) is 0. The van der Waals surface area contributed by atoms with Crippen LogP contribution in [0.2, 0.25) is 0 Å². The summed E-state index contributed by atoms with van der Waals surface area (Å²) in [5, 5.41) is 0. The standard InChI is InChI=1S/C18H18N2O/c1-2-10-9-13-12-8-11-4-6-20-16(11)17-18(12,5-7-19-13)15(10)14(3-1)21-17/h4,6-7,10,14-15H,1-3,5,8-9H2. The number of hydrogen-bond acceptors (Lipinski definition) is 3. The van der Waals surface area contributed by atoms with Crippen LogP contribution in [0.3, 0.4) is 0 Å². The van der Waals surface area contributed by atoms with Gasteiger partial charge < -0.3 is 4.74 Å². The third kappa shape index (κ3) is 1.08. The van der Waals surface area contributed by atoms with Gasteiger partial charge in [0.05, 0.1) is 5.41 Å². The molecule has 0 aromatic rings. The molecule has 0 aromatic heterocycles. The summed E-state index contributed by atoms with van der Waals surface area (Å²) in [6.07, 6.45) is 13.8. The summed E-state index contributed by atoms with van der Waals surface area (Å²) >= 11 is 0. The largest absolute Gasteiger partial charge is 0.491 e. The van der Waals surface area contributed by atoms with Crippen LogP contribution in [0.15, 0.2) is 44.4 Å². The topological polar surface area (TPSA) is 34.0 Å². The molecule has 0 radical (unpaired) electrons. The maximum absolute atomic E-state index is 6.57. The van der Waals surface area contributed by atoms with Gasteiger partial charge in [0.25, 0.3) is 0 Å².